The molecule has 0 heterocycles. The van der Waals surface area contributed by atoms with Gasteiger partial charge in [-0.05, 0) is 62.6 Å². The van der Waals surface area contributed by atoms with Crippen molar-refractivity contribution in [1.82, 2.24) is 0 Å². The van der Waals surface area contributed by atoms with Crippen LogP contribution in [0.5, 0.6) is 5.75 Å². The van der Waals surface area contributed by atoms with Crippen LogP contribution in [-0.2, 0) is 16.0 Å². The van der Waals surface area contributed by atoms with Crippen LogP contribution in [0.4, 0.5) is 11.4 Å². The molecule has 3 N–H and O–H groups in total. The number of esters is 1. The van der Waals surface area contributed by atoms with Crippen LogP contribution in [0.2, 0.25) is 0 Å². The molecule has 0 atom stereocenters. The number of rotatable bonds is 9. The van der Waals surface area contributed by atoms with E-state index in [1.54, 1.807) is 26.0 Å². The lowest BCUT2D eigenvalue weighted by Crippen LogP contribution is -2.20. The van der Waals surface area contributed by atoms with Crippen molar-refractivity contribution in [3.8, 4) is 5.75 Å². The second-order valence-electron chi connectivity index (χ2n) is 6.84. The van der Waals surface area contributed by atoms with Crippen LogP contribution in [0.25, 0.3) is 0 Å². The Morgan fingerprint density at radius 3 is 2.46 bits per heavy atom. The molecule has 0 saturated carbocycles. The van der Waals surface area contributed by atoms with Crippen LogP contribution in [-0.4, -0.2) is 24.6 Å². The third-order valence-electron chi connectivity index (χ3n) is 4.01. The number of anilines is 2. The molecule has 0 aliphatic carbocycles. The lowest BCUT2D eigenvalue weighted by molar-refractivity contribution is -0.118. The lowest BCUT2D eigenvalue weighted by Gasteiger charge is -2.12. The normalized spacial score (nSPS) is 10.6. The molecular formula is C22H28N2O4. The number of carbonyl (C=O) groups excluding carboxylic acids is 2. The van der Waals surface area contributed by atoms with Crippen LogP contribution < -0.4 is 15.8 Å². The van der Waals surface area contributed by atoms with Gasteiger partial charge in [0.2, 0.25) is 0 Å². The third-order valence-corrected chi connectivity index (χ3v) is 4.01. The Labute approximate surface area is 166 Å². The molecule has 0 radical (unpaired) electrons. The number of carbonyl (C=O) groups is 2. The summed E-state index contributed by atoms with van der Waals surface area (Å²) < 4.78 is 10.7. The van der Waals surface area contributed by atoms with E-state index in [4.69, 9.17) is 15.2 Å². The molecule has 0 aliphatic rings. The Balaban J connectivity index is 1.92. The quantitative estimate of drug-likeness (QED) is 0.500. The van der Waals surface area contributed by atoms with Crippen molar-refractivity contribution in [2.75, 3.05) is 17.7 Å². The fourth-order valence-electron chi connectivity index (χ4n) is 2.54. The maximum Gasteiger partial charge on any atom is 0.338 e. The second-order valence-corrected chi connectivity index (χ2v) is 6.84. The van der Waals surface area contributed by atoms with E-state index in [9.17, 15) is 9.59 Å². The highest BCUT2D eigenvalue weighted by atomic mass is 16.5. The second kappa shape index (κ2) is 10.3. The van der Waals surface area contributed by atoms with E-state index in [-0.39, 0.29) is 24.4 Å². The van der Waals surface area contributed by atoms with Crippen LogP contribution >= 0.6 is 0 Å². The molecule has 2 rings (SSSR count). The van der Waals surface area contributed by atoms with E-state index >= 15 is 0 Å². The van der Waals surface area contributed by atoms with Gasteiger partial charge in [-0.25, -0.2) is 4.79 Å². The molecule has 1 amide bonds. The van der Waals surface area contributed by atoms with Crippen LogP contribution in [0.15, 0.2) is 42.5 Å². The summed E-state index contributed by atoms with van der Waals surface area (Å²) in [5.41, 5.74) is 8.49. The molecule has 2 aromatic rings. The summed E-state index contributed by atoms with van der Waals surface area (Å²) in [5, 5.41) is 2.78. The van der Waals surface area contributed by atoms with Crippen molar-refractivity contribution >= 4 is 23.3 Å². The molecule has 0 saturated heterocycles. The largest absolute Gasteiger partial charge is 0.482 e. The minimum atomic E-state index is -0.465. The van der Waals surface area contributed by atoms with Crippen molar-refractivity contribution < 1.29 is 19.1 Å². The summed E-state index contributed by atoms with van der Waals surface area (Å²) in [6.45, 7) is 5.48. The lowest BCUT2D eigenvalue weighted by atomic mass is 10.1. The molecule has 6 nitrogen and oxygen atoms in total. The molecular weight excluding hydrogens is 356 g/mol. The van der Waals surface area contributed by atoms with Gasteiger partial charge in [-0.15, -0.1) is 0 Å². The molecule has 0 aromatic heterocycles. The Morgan fingerprint density at radius 2 is 1.82 bits per heavy atom. The zero-order valence-corrected chi connectivity index (χ0v) is 16.7. The van der Waals surface area contributed by atoms with Crippen molar-refractivity contribution in [3.63, 3.8) is 0 Å². The predicted molar refractivity (Wildman–Crippen MR) is 111 cm³/mol. The van der Waals surface area contributed by atoms with Crippen molar-refractivity contribution in [2.24, 2.45) is 0 Å². The molecule has 0 spiro atoms. The first kappa shape index (κ1) is 21.3. The first-order chi connectivity index (χ1) is 13.4. The molecule has 0 aliphatic heterocycles. The molecule has 0 bridgehead atoms. The fraction of sp³-hybridized carbons (Fsp3) is 0.364. The van der Waals surface area contributed by atoms with E-state index in [1.165, 1.54) is 11.6 Å². The van der Waals surface area contributed by atoms with Gasteiger partial charge >= 0.3 is 5.97 Å². The van der Waals surface area contributed by atoms with Crippen LogP contribution in [0.3, 0.4) is 0 Å². The van der Waals surface area contributed by atoms with Gasteiger partial charge in [0.05, 0.1) is 17.4 Å². The highest BCUT2D eigenvalue weighted by Crippen LogP contribution is 2.23. The van der Waals surface area contributed by atoms with Gasteiger partial charge in [0.1, 0.15) is 5.75 Å². The summed E-state index contributed by atoms with van der Waals surface area (Å²) in [6, 6.07) is 12.4. The number of aryl methyl sites for hydroxylation is 1. The van der Waals surface area contributed by atoms with Gasteiger partial charge in [-0.3, -0.25) is 4.79 Å². The Morgan fingerprint density at radius 1 is 1.11 bits per heavy atom. The predicted octanol–water partition coefficient (Wildman–Crippen LogP) is 4.19. The number of nitrogens with one attached hydrogen (secondary N) is 1. The standard InChI is InChI=1S/C22H28N2O4/c1-4-5-6-16-7-10-18(11-8-16)24-21(25)14-27-20-13-17(9-12-19(20)23)22(26)28-15(2)3/h7-13,15H,4-6,14,23H2,1-3H3,(H,24,25). The Kier molecular flexibility index (Phi) is 7.87. The summed E-state index contributed by atoms with van der Waals surface area (Å²) in [7, 11) is 0. The third kappa shape index (κ3) is 6.61. The number of hydrogen-bond donors (Lipinski definition) is 2. The SMILES string of the molecule is CCCCc1ccc(NC(=O)COc2cc(C(=O)OC(C)C)ccc2N)cc1. The van der Waals surface area contributed by atoms with Gasteiger partial charge in [0.25, 0.3) is 5.91 Å². The van der Waals surface area contributed by atoms with E-state index in [0.29, 0.717) is 16.9 Å². The summed E-state index contributed by atoms with van der Waals surface area (Å²) >= 11 is 0. The average molecular weight is 384 g/mol. The molecule has 0 unspecified atom stereocenters. The average Bonchev–Trinajstić information content (AvgIpc) is 2.66. The monoisotopic (exact) mass is 384 g/mol. The molecule has 150 valence electrons. The molecule has 6 heteroatoms. The van der Waals surface area contributed by atoms with Gasteiger partial charge in [0, 0.05) is 5.69 Å². The number of nitrogens with two attached hydrogens (primary N) is 1. The molecule has 2 aromatic carbocycles. The zero-order valence-electron chi connectivity index (χ0n) is 16.7. The van der Waals surface area contributed by atoms with E-state index < -0.39 is 5.97 Å². The van der Waals surface area contributed by atoms with E-state index in [1.807, 2.05) is 24.3 Å². The van der Waals surface area contributed by atoms with E-state index in [0.717, 1.165) is 19.3 Å². The van der Waals surface area contributed by atoms with Crippen molar-refractivity contribution in [3.05, 3.63) is 53.6 Å². The van der Waals surface area contributed by atoms with Crippen LogP contribution in [0, 0.1) is 0 Å². The first-order valence-electron chi connectivity index (χ1n) is 9.51. The van der Waals surface area contributed by atoms with Gasteiger partial charge in [0.15, 0.2) is 6.61 Å². The molecule has 28 heavy (non-hydrogen) atoms. The summed E-state index contributed by atoms with van der Waals surface area (Å²) in [4.78, 5) is 24.1. The van der Waals surface area contributed by atoms with E-state index in [2.05, 4.69) is 12.2 Å². The fourth-order valence-corrected chi connectivity index (χ4v) is 2.54. The number of unbranched alkanes of at least 4 members (excludes halogenated alkanes) is 1. The number of ether oxygens (including phenoxy) is 2. The van der Waals surface area contributed by atoms with Gasteiger partial charge < -0.3 is 20.5 Å². The minimum Gasteiger partial charge on any atom is -0.482 e. The van der Waals surface area contributed by atoms with Crippen molar-refractivity contribution in [2.45, 2.75) is 46.1 Å². The maximum atomic E-state index is 12.1. The van der Waals surface area contributed by atoms with Crippen LogP contribution in [0.1, 0.15) is 49.5 Å². The van der Waals surface area contributed by atoms with Gasteiger partial charge in [-0.2, -0.15) is 0 Å². The summed E-state index contributed by atoms with van der Waals surface area (Å²) in [6.07, 6.45) is 3.09. The highest BCUT2D eigenvalue weighted by molar-refractivity contribution is 5.92. The smallest absolute Gasteiger partial charge is 0.338 e. The molecule has 0 fully saturated rings. The maximum absolute atomic E-state index is 12.1. The first-order valence-corrected chi connectivity index (χ1v) is 9.51. The topological polar surface area (TPSA) is 90.6 Å². The minimum absolute atomic E-state index is 0.218. The number of nitrogen functional groups attached to an aromatic ring is 1. The number of amides is 1. The zero-order chi connectivity index (χ0) is 20.5. The number of hydrogen-bond acceptors (Lipinski definition) is 5. The van der Waals surface area contributed by atoms with Gasteiger partial charge in [-0.1, -0.05) is 25.5 Å². The Hall–Kier alpha value is -3.02. The Bertz CT molecular complexity index is 801. The highest BCUT2D eigenvalue weighted by Gasteiger charge is 2.13. The number of benzene rings is 2. The summed E-state index contributed by atoms with van der Waals surface area (Å²) in [5.74, 6) is -0.508. The van der Waals surface area contributed by atoms with Crippen molar-refractivity contribution in [1.29, 1.82) is 0 Å².